The van der Waals surface area contributed by atoms with E-state index >= 15 is 0 Å². The summed E-state index contributed by atoms with van der Waals surface area (Å²) in [6.07, 6.45) is 0. The van der Waals surface area contributed by atoms with Crippen LogP contribution in [0.25, 0.3) is 0 Å². The number of hydrogen-bond acceptors (Lipinski definition) is 2. The van der Waals surface area contributed by atoms with Crippen molar-refractivity contribution in [3.05, 3.63) is 70.3 Å². The fourth-order valence-electron chi connectivity index (χ4n) is 2.46. The molecule has 1 atom stereocenters. The highest BCUT2D eigenvalue weighted by Crippen LogP contribution is 2.18. The zero-order valence-corrected chi connectivity index (χ0v) is 15.2. The van der Waals surface area contributed by atoms with E-state index in [-0.39, 0.29) is 11.9 Å². The van der Waals surface area contributed by atoms with E-state index in [0.29, 0.717) is 5.75 Å². The molecule has 23 heavy (non-hydrogen) atoms. The molecule has 0 spiro atoms. The third kappa shape index (κ3) is 5.43. The first-order valence-electron chi connectivity index (χ1n) is 7.95. The first-order chi connectivity index (χ1) is 11.0. The van der Waals surface area contributed by atoms with Crippen molar-refractivity contribution in [1.82, 2.24) is 5.32 Å². The molecule has 0 aliphatic rings. The van der Waals surface area contributed by atoms with E-state index in [2.05, 4.69) is 68.6 Å². The van der Waals surface area contributed by atoms with Crippen LogP contribution in [0, 0.1) is 20.8 Å². The number of benzene rings is 2. The molecule has 1 amide bonds. The van der Waals surface area contributed by atoms with Crippen LogP contribution in [0.1, 0.15) is 40.8 Å². The third-order valence-electron chi connectivity index (χ3n) is 3.99. The standard InChI is InChI=1S/C20H25NOS/c1-14-6-5-7-18(10-14)12-23-13-20(22)21-17(4)19-9-8-15(2)16(3)11-19/h5-11,17H,12-13H2,1-4H3,(H,21,22)/t17-/m0/s1. The van der Waals surface area contributed by atoms with Gasteiger partial charge in [0.1, 0.15) is 0 Å². The Morgan fingerprint density at radius 2 is 1.87 bits per heavy atom. The second kappa shape index (κ2) is 8.21. The minimum atomic E-state index is 0.0429. The van der Waals surface area contributed by atoms with Crippen LogP contribution in [-0.4, -0.2) is 11.7 Å². The van der Waals surface area contributed by atoms with E-state index in [1.807, 2.05) is 6.92 Å². The van der Waals surface area contributed by atoms with Crippen LogP contribution in [0.2, 0.25) is 0 Å². The Labute approximate surface area is 143 Å². The van der Waals surface area contributed by atoms with Crippen LogP contribution in [0.15, 0.2) is 42.5 Å². The van der Waals surface area contributed by atoms with Gasteiger partial charge in [-0.15, -0.1) is 11.8 Å². The summed E-state index contributed by atoms with van der Waals surface area (Å²) < 4.78 is 0. The van der Waals surface area contributed by atoms with Crippen molar-refractivity contribution < 1.29 is 4.79 Å². The van der Waals surface area contributed by atoms with E-state index in [0.717, 1.165) is 11.3 Å². The van der Waals surface area contributed by atoms with Crippen LogP contribution in [-0.2, 0) is 10.5 Å². The SMILES string of the molecule is Cc1cccc(CSCC(=O)N[C@@H](C)c2ccc(C)c(C)c2)c1. The molecule has 0 saturated heterocycles. The Hall–Kier alpha value is -1.74. The van der Waals surface area contributed by atoms with Gasteiger partial charge in [0.15, 0.2) is 0 Å². The summed E-state index contributed by atoms with van der Waals surface area (Å²) in [6, 6.07) is 14.8. The van der Waals surface area contributed by atoms with Crippen LogP contribution in [0.3, 0.4) is 0 Å². The summed E-state index contributed by atoms with van der Waals surface area (Å²) in [7, 11) is 0. The Morgan fingerprint density at radius 3 is 2.57 bits per heavy atom. The van der Waals surface area contributed by atoms with Crippen molar-refractivity contribution in [1.29, 1.82) is 0 Å². The smallest absolute Gasteiger partial charge is 0.230 e. The summed E-state index contributed by atoms with van der Waals surface area (Å²) in [4.78, 5) is 12.1. The van der Waals surface area contributed by atoms with Crippen LogP contribution >= 0.6 is 11.8 Å². The van der Waals surface area contributed by atoms with Gasteiger partial charge in [-0.25, -0.2) is 0 Å². The molecule has 0 aliphatic carbocycles. The van der Waals surface area contributed by atoms with Gasteiger partial charge >= 0.3 is 0 Å². The molecule has 0 heterocycles. The summed E-state index contributed by atoms with van der Waals surface area (Å²) in [6.45, 7) is 8.33. The lowest BCUT2D eigenvalue weighted by atomic mass is 10.0. The number of aryl methyl sites for hydroxylation is 3. The molecule has 0 saturated carbocycles. The van der Waals surface area contributed by atoms with Gasteiger partial charge in [-0.2, -0.15) is 0 Å². The van der Waals surface area contributed by atoms with Crippen LogP contribution in [0.5, 0.6) is 0 Å². The highest BCUT2D eigenvalue weighted by molar-refractivity contribution is 7.99. The molecule has 2 aromatic rings. The normalized spacial score (nSPS) is 12.0. The average Bonchev–Trinajstić information content (AvgIpc) is 2.50. The van der Waals surface area contributed by atoms with Gasteiger partial charge in [0.05, 0.1) is 11.8 Å². The van der Waals surface area contributed by atoms with E-state index < -0.39 is 0 Å². The number of carbonyl (C=O) groups excluding carboxylic acids is 1. The first kappa shape index (κ1) is 17.6. The maximum absolute atomic E-state index is 12.1. The lowest BCUT2D eigenvalue weighted by molar-refractivity contribution is -0.119. The molecule has 2 nitrogen and oxygen atoms in total. The fourth-order valence-corrected chi connectivity index (χ4v) is 3.25. The first-order valence-corrected chi connectivity index (χ1v) is 9.11. The zero-order chi connectivity index (χ0) is 16.8. The van der Waals surface area contributed by atoms with Gasteiger partial charge < -0.3 is 5.32 Å². The molecule has 0 radical (unpaired) electrons. The van der Waals surface area contributed by atoms with Gasteiger partial charge in [-0.05, 0) is 49.9 Å². The summed E-state index contributed by atoms with van der Waals surface area (Å²) in [5.74, 6) is 1.45. The molecule has 0 aliphatic heterocycles. The van der Waals surface area contributed by atoms with Crippen molar-refractivity contribution in [3.8, 4) is 0 Å². The minimum Gasteiger partial charge on any atom is -0.349 e. The Kier molecular flexibility index (Phi) is 6.28. The maximum Gasteiger partial charge on any atom is 0.230 e. The van der Waals surface area contributed by atoms with Crippen LogP contribution in [0.4, 0.5) is 0 Å². The molecule has 2 aromatic carbocycles. The highest BCUT2D eigenvalue weighted by atomic mass is 32.2. The Morgan fingerprint density at radius 1 is 1.09 bits per heavy atom. The van der Waals surface area contributed by atoms with E-state index in [4.69, 9.17) is 0 Å². The molecule has 2 rings (SSSR count). The molecule has 3 heteroatoms. The summed E-state index contributed by atoms with van der Waals surface area (Å²) in [5.41, 5.74) is 6.23. The molecule has 0 unspecified atom stereocenters. The lowest BCUT2D eigenvalue weighted by Crippen LogP contribution is -2.28. The van der Waals surface area contributed by atoms with E-state index in [1.54, 1.807) is 11.8 Å². The summed E-state index contributed by atoms with van der Waals surface area (Å²) in [5, 5.41) is 3.08. The van der Waals surface area contributed by atoms with Crippen molar-refractivity contribution in [2.45, 2.75) is 39.5 Å². The second-order valence-electron chi connectivity index (χ2n) is 6.11. The van der Waals surface area contributed by atoms with Crippen molar-refractivity contribution in [2.24, 2.45) is 0 Å². The topological polar surface area (TPSA) is 29.1 Å². The zero-order valence-electron chi connectivity index (χ0n) is 14.3. The van der Waals surface area contributed by atoms with Crippen LogP contribution < -0.4 is 5.32 Å². The van der Waals surface area contributed by atoms with E-state index in [9.17, 15) is 4.79 Å². The predicted molar refractivity (Wildman–Crippen MR) is 99.8 cm³/mol. The molecule has 0 bridgehead atoms. The second-order valence-corrected chi connectivity index (χ2v) is 7.10. The lowest BCUT2D eigenvalue weighted by Gasteiger charge is -2.15. The molecular weight excluding hydrogens is 302 g/mol. The largest absolute Gasteiger partial charge is 0.349 e. The predicted octanol–water partition coefficient (Wildman–Crippen LogP) is 4.72. The highest BCUT2D eigenvalue weighted by Gasteiger charge is 2.10. The monoisotopic (exact) mass is 327 g/mol. The van der Waals surface area contributed by atoms with Gasteiger partial charge in [-0.3, -0.25) is 4.79 Å². The molecule has 1 N–H and O–H groups in total. The van der Waals surface area contributed by atoms with Crippen molar-refractivity contribution >= 4 is 17.7 Å². The average molecular weight is 327 g/mol. The van der Waals surface area contributed by atoms with Crippen molar-refractivity contribution in [3.63, 3.8) is 0 Å². The number of amides is 1. The van der Waals surface area contributed by atoms with Gasteiger partial charge in [0, 0.05) is 5.75 Å². The maximum atomic E-state index is 12.1. The number of carbonyl (C=O) groups is 1. The summed E-state index contributed by atoms with van der Waals surface area (Å²) >= 11 is 1.65. The van der Waals surface area contributed by atoms with Crippen molar-refractivity contribution in [2.75, 3.05) is 5.75 Å². The number of hydrogen-bond donors (Lipinski definition) is 1. The van der Waals surface area contributed by atoms with E-state index in [1.165, 1.54) is 22.3 Å². The quantitative estimate of drug-likeness (QED) is 0.831. The fraction of sp³-hybridized carbons (Fsp3) is 0.350. The molecular formula is C20H25NOS. The van der Waals surface area contributed by atoms with Gasteiger partial charge in [-0.1, -0.05) is 48.0 Å². The number of nitrogens with one attached hydrogen (secondary N) is 1. The van der Waals surface area contributed by atoms with Gasteiger partial charge in [0.2, 0.25) is 5.91 Å². The number of rotatable bonds is 6. The molecule has 0 aromatic heterocycles. The minimum absolute atomic E-state index is 0.0429. The number of thioether (sulfide) groups is 1. The van der Waals surface area contributed by atoms with Gasteiger partial charge in [0.25, 0.3) is 0 Å². The Balaban J connectivity index is 1.81. The molecule has 0 fully saturated rings. The Bertz CT molecular complexity index is 681. The molecule has 122 valence electrons. The third-order valence-corrected chi connectivity index (χ3v) is 5.00.